The molecule has 0 bridgehead atoms. The first-order chi connectivity index (χ1) is 14.7. The average molecular weight is 453 g/mol. The molecule has 0 amide bonds. The monoisotopic (exact) mass is 453 g/mol. The lowest BCUT2D eigenvalue weighted by atomic mass is 10.0. The molecule has 11 heteroatoms. The van der Waals surface area contributed by atoms with E-state index in [1.54, 1.807) is 7.11 Å². The Balaban J connectivity index is 1.41. The second-order valence-electron chi connectivity index (χ2n) is 7.08. The van der Waals surface area contributed by atoms with E-state index in [-0.39, 0.29) is 23.9 Å². The van der Waals surface area contributed by atoms with E-state index in [0.29, 0.717) is 23.9 Å². The summed E-state index contributed by atoms with van der Waals surface area (Å²) in [6.07, 6.45) is -4.13. The van der Waals surface area contributed by atoms with Gasteiger partial charge in [-0.2, -0.15) is 22.5 Å². The zero-order valence-corrected chi connectivity index (χ0v) is 17.2. The molecule has 1 aromatic heterocycles. The number of hydrogen-bond acceptors (Lipinski definition) is 6. The number of benzene rings is 2. The van der Waals surface area contributed by atoms with E-state index in [9.17, 15) is 21.6 Å². The Kier molecular flexibility index (Phi) is 5.48. The molecule has 0 N–H and O–H groups in total. The molecule has 1 saturated heterocycles. The normalized spacial score (nSPS) is 15.6. The van der Waals surface area contributed by atoms with Crippen molar-refractivity contribution in [3.8, 4) is 5.75 Å². The van der Waals surface area contributed by atoms with Gasteiger partial charge in [-0.3, -0.25) is 0 Å². The van der Waals surface area contributed by atoms with Crippen molar-refractivity contribution in [2.75, 3.05) is 20.2 Å². The summed E-state index contributed by atoms with van der Waals surface area (Å²) in [6, 6.07) is 10.9. The van der Waals surface area contributed by atoms with Gasteiger partial charge in [-0.15, -0.1) is 0 Å². The second-order valence-corrected chi connectivity index (χ2v) is 9.02. The molecule has 4 rings (SSSR count). The van der Waals surface area contributed by atoms with E-state index in [0.717, 1.165) is 29.8 Å². The van der Waals surface area contributed by atoms with Crippen molar-refractivity contribution in [2.45, 2.75) is 23.4 Å². The quantitative estimate of drug-likeness (QED) is 0.568. The van der Waals surface area contributed by atoms with E-state index in [2.05, 4.69) is 10.1 Å². The smallest absolute Gasteiger partial charge is 0.416 e. The van der Waals surface area contributed by atoms with Crippen molar-refractivity contribution in [1.29, 1.82) is 0 Å². The molecular formula is C20H18F3N3O4S. The van der Waals surface area contributed by atoms with Crippen LogP contribution >= 0.6 is 0 Å². The van der Waals surface area contributed by atoms with Crippen LogP contribution in [0.4, 0.5) is 13.2 Å². The van der Waals surface area contributed by atoms with Crippen LogP contribution in [0.3, 0.4) is 0 Å². The van der Waals surface area contributed by atoms with Crippen LogP contribution in [0.25, 0.3) is 0 Å². The van der Waals surface area contributed by atoms with Crippen LogP contribution in [-0.2, 0) is 22.6 Å². The Bertz CT molecular complexity index is 1170. The molecule has 0 saturated carbocycles. The van der Waals surface area contributed by atoms with Crippen LogP contribution in [-0.4, -0.2) is 43.1 Å². The predicted octanol–water partition coefficient (Wildman–Crippen LogP) is 3.48. The SMILES string of the molecule is COc1ccccc1Cc1noc(C2CN(S(=O)(=O)c3ccc(C(F)(F)F)cc3)C2)n1. The molecule has 2 aromatic carbocycles. The molecule has 3 aromatic rings. The first-order valence-corrected chi connectivity index (χ1v) is 10.7. The van der Waals surface area contributed by atoms with Crippen molar-refractivity contribution >= 4 is 10.0 Å². The molecule has 0 unspecified atom stereocenters. The van der Waals surface area contributed by atoms with Crippen molar-refractivity contribution in [3.05, 3.63) is 71.4 Å². The molecule has 164 valence electrons. The van der Waals surface area contributed by atoms with Crippen LogP contribution in [0.1, 0.15) is 28.8 Å². The molecule has 1 fully saturated rings. The lowest BCUT2D eigenvalue weighted by Crippen LogP contribution is -2.48. The number of para-hydroxylation sites is 1. The fourth-order valence-electron chi connectivity index (χ4n) is 3.28. The van der Waals surface area contributed by atoms with Crippen LogP contribution in [0.15, 0.2) is 57.9 Å². The number of ether oxygens (including phenoxy) is 1. The Hall–Kier alpha value is -2.92. The van der Waals surface area contributed by atoms with Gasteiger partial charge < -0.3 is 9.26 Å². The van der Waals surface area contributed by atoms with Crippen molar-refractivity contribution in [3.63, 3.8) is 0 Å². The van der Waals surface area contributed by atoms with E-state index in [4.69, 9.17) is 9.26 Å². The highest BCUT2D eigenvalue weighted by molar-refractivity contribution is 7.89. The maximum absolute atomic E-state index is 12.7. The number of nitrogens with zero attached hydrogens (tertiary/aromatic N) is 3. The lowest BCUT2D eigenvalue weighted by Gasteiger charge is -2.35. The van der Waals surface area contributed by atoms with Crippen LogP contribution in [0.5, 0.6) is 5.75 Å². The second kappa shape index (κ2) is 7.97. The highest BCUT2D eigenvalue weighted by Gasteiger charge is 2.40. The molecule has 0 radical (unpaired) electrons. The minimum Gasteiger partial charge on any atom is -0.496 e. The summed E-state index contributed by atoms with van der Waals surface area (Å²) in [5.41, 5.74) is -0.0150. The first kappa shape index (κ1) is 21.3. The number of halogens is 3. The molecule has 0 atom stereocenters. The van der Waals surface area contributed by atoms with Crippen molar-refractivity contribution in [1.82, 2.24) is 14.4 Å². The largest absolute Gasteiger partial charge is 0.496 e. The Labute approximate surface area is 176 Å². The van der Waals surface area contributed by atoms with Crippen LogP contribution in [0, 0.1) is 0 Å². The Morgan fingerprint density at radius 1 is 1.13 bits per heavy atom. The third kappa shape index (κ3) is 4.28. The molecule has 0 aliphatic carbocycles. The summed E-state index contributed by atoms with van der Waals surface area (Å²) in [5, 5.41) is 3.95. The number of aromatic nitrogens is 2. The van der Waals surface area contributed by atoms with Gasteiger partial charge in [0.2, 0.25) is 15.9 Å². The van der Waals surface area contributed by atoms with E-state index >= 15 is 0 Å². The standard InChI is InChI=1S/C20H18F3N3O4S/c1-29-17-5-3-2-4-13(17)10-18-24-19(30-25-18)14-11-26(12-14)31(27,28)16-8-6-15(7-9-16)20(21,22)23/h2-9,14H,10-12H2,1H3. The predicted molar refractivity (Wildman–Crippen MR) is 103 cm³/mol. The molecule has 2 heterocycles. The molecule has 31 heavy (non-hydrogen) atoms. The topological polar surface area (TPSA) is 85.5 Å². The third-order valence-electron chi connectivity index (χ3n) is 5.04. The summed E-state index contributed by atoms with van der Waals surface area (Å²) in [4.78, 5) is 4.16. The van der Waals surface area contributed by atoms with E-state index < -0.39 is 21.8 Å². The number of rotatable bonds is 6. The van der Waals surface area contributed by atoms with Crippen LogP contribution < -0.4 is 4.74 Å². The molecule has 0 spiro atoms. The Morgan fingerprint density at radius 2 is 1.81 bits per heavy atom. The molecular weight excluding hydrogens is 435 g/mol. The highest BCUT2D eigenvalue weighted by Crippen LogP contribution is 2.33. The maximum Gasteiger partial charge on any atom is 0.416 e. The maximum atomic E-state index is 12.7. The lowest BCUT2D eigenvalue weighted by molar-refractivity contribution is -0.137. The van der Waals surface area contributed by atoms with Crippen LogP contribution in [0.2, 0.25) is 0 Å². The van der Waals surface area contributed by atoms with Gasteiger partial charge in [0.15, 0.2) is 5.82 Å². The fourth-order valence-corrected chi connectivity index (χ4v) is 4.81. The van der Waals surface area contributed by atoms with Gasteiger partial charge in [0, 0.05) is 25.1 Å². The third-order valence-corrected chi connectivity index (χ3v) is 6.89. The van der Waals surface area contributed by atoms with E-state index in [1.165, 1.54) is 4.31 Å². The Morgan fingerprint density at radius 3 is 2.45 bits per heavy atom. The number of sulfonamides is 1. The summed E-state index contributed by atoms with van der Waals surface area (Å²) in [7, 11) is -2.33. The molecule has 7 nitrogen and oxygen atoms in total. The van der Waals surface area contributed by atoms with Gasteiger partial charge in [-0.1, -0.05) is 23.4 Å². The molecule has 1 aliphatic rings. The zero-order valence-electron chi connectivity index (χ0n) is 16.3. The average Bonchev–Trinajstić information content (AvgIpc) is 3.14. The van der Waals surface area contributed by atoms with Gasteiger partial charge >= 0.3 is 6.18 Å². The van der Waals surface area contributed by atoms with Gasteiger partial charge in [0.1, 0.15) is 5.75 Å². The van der Waals surface area contributed by atoms with Gasteiger partial charge in [0.25, 0.3) is 0 Å². The van der Waals surface area contributed by atoms with Crippen molar-refractivity contribution in [2.24, 2.45) is 0 Å². The summed E-state index contributed by atoms with van der Waals surface area (Å²) in [5.74, 6) is 1.20. The number of hydrogen-bond donors (Lipinski definition) is 0. The number of alkyl halides is 3. The van der Waals surface area contributed by atoms with Gasteiger partial charge in [-0.25, -0.2) is 8.42 Å². The van der Waals surface area contributed by atoms with Gasteiger partial charge in [0.05, 0.1) is 23.5 Å². The van der Waals surface area contributed by atoms with E-state index in [1.807, 2.05) is 24.3 Å². The van der Waals surface area contributed by atoms with Crippen molar-refractivity contribution < 1.29 is 30.8 Å². The highest BCUT2D eigenvalue weighted by atomic mass is 32.2. The minimum atomic E-state index is -4.52. The minimum absolute atomic E-state index is 0.111. The zero-order chi connectivity index (χ0) is 22.2. The molecule has 1 aliphatic heterocycles. The van der Waals surface area contributed by atoms with Gasteiger partial charge in [-0.05, 0) is 30.3 Å². The summed E-state index contributed by atoms with van der Waals surface area (Å²) >= 11 is 0. The number of methoxy groups -OCH3 is 1. The summed E-state index contributed by atoms with van der Waals surface area (Å²) < 4.78 is 75.1. The summed E-state index contributed by atoms with van der Waals surface area (Å²) in [6.45, 7) is 0.222. The fraction of sp³-hybridized carbons (Fsp3) is 0.300. The first-order valence-electron chi connectivity index (χ1n) is 9.30.